The highest BCUT2D eigenvalue weighted by Gasteiger charge is 2.10. The fourth-order valence-electron chi connectivity index (χ4n) is 2.13. The van der Waals surface area contributed by atoms with E-state index in [1.807, 2.05) is 18.2 Å². The molecular weight excluding hydrogens is 316 g/mol. The average molecular weight is 333 g/mol. The van der Waals surface area contributed by atoms with Crippen molar-refractivity contribution in [2.24, 2.45) is 0 Å². The predicted octanol–water partition coefficient (Wildman–Crippen LogP) is 4.85. The summed E-state index contributed by atoms with van der Waals surface area (Å²) in [6.07, 6.45) is 0. The van der Waals surface area contributed by atoms with Gasteiger partial charge in [0.15, 0.2) is 5.78 Å². The third-order valence-electron chi connectivity index (χ3n) is 3.34. The summed E-state index contributed by atoms with van der Waals surface area (Å²) < 4.78 is 6.74. The summed E-state index contributed by atoms with van der Waals surface area (Å²) >= 11 is 3.38. The Morgan fingerprint density at radius 2 is 1.80 bits per heavy atom. The van der Waals surface area contributed by atoms with Gasteiger partial charge in [0, 0.05) is 4.47 Å². The quantitative estimate of drug-likeness (QED) is 0.748. The number of ketones is 1. The Hall–Kier alpha value is -1.61. The molecule has 0 saturated heterocycles. The van der Waals surface area contributed by atoms with Crippen LogP contribution < -0.4 is 4.74 Å². The highest BCUT2D eigenvalue weighted by Crippen LogP contribution is 2.25. The van der Waals surface area contributed by atoms with Gasteiger partial charge in [-0.1, -0.05) is 34.1 Å². The lowest BCUT2D eigenvalue weighted by atomic mass is 10.0. The van der Waals surface area contributed by atoms with E-state index in [9.17, 15) is 4.79 Å². The molecule has 20 heavy (non-hydrogen) atoms. The van der Waals surface area contributed by atoms with E-state index in [0.717, 1.165) is 4.47 Å². The fraction of sp³-hybridized carbons (Fsp3) is 0.235. The Morgan fingerprint density at radius 1 is 1.15 bits per heavy atom. The van der Waals surface area contributed by atoms with Crippen LogP contribution in [0.25, 0.3) is 0 Å². The third-order valence-corrected chi connectivity index (χ3v) is 3.83. The second-order valence-corrected chi connectivity index (χ2v) is 5.77. The van der Waals surface area contributed by atoms with Gasteiger partial charge in [-0.3, -0.25) is 4.79 Å². The van der Waals surface area contributed by atoms with E-state index in [-0.39, 0.29) is 5.78 Å². The molecule has 2 nitrogen and oxygen atoms in total. The first kappa shape index (κ1) is 14.8. The minimum absolute atomic E-state index is 0.00260. The molecule has 104 valence electrons. The zero-order valence-corrected chi connectivity index (χ0v) is 13.5. The van der Waals surface area contributed by atoms with Crippen LogP contribution in [0, 0.1) is 13.8 Å². The summed E-state index contributed by atoms with van der Waals surface area (Å²) in [5.74, 6) is 0.631. The van der Waals surface area contributed by atoms with Crippen molar-refractivity contribution in [3.8, 4) is 5.75 Å². The van der Waals surface area contributed by atoms with Gasteiger partial charge in [0.25, 0.3) is 0 Å². The van der Waals surface area contributed by atoms with Crippen LogP contribution in [-0.4, -0.2) is 5.78 Å². The van der Waals surface area contributed by atoms with E-state index in [0.29, 0.717) is 17.9 Å². The highest BCUT2D eigenvalue weighted by molar-refractivity contribution is 9.10. The molecule has 2 aromatic carbocycles. The van der Waals surface area contributed by atoms with Crippen LogP contribution in [0.1, 0.15) is 34.0 Å². The van der Waals surface area contributed by atoms with Gasteiger partial charge in [-0.15, -0.1) is 0 Å². The normalized spacial score (nSPS) is 10.4. The molecule has 0 aliphatic rings. The molecular formula is C17H17BrO2. The van der Waals surface area contributed by atoms with E-state index < -0.39 is 0 Å². The Labute approximate surface area is 127 Å². The Kier molecular flexibility index (Phi) is 4.61. The van der Waals surface area contributed by atoms with E-state index in [4.69, 9.17) is 4.74 Å². The van der Waals surface area contributed by atoms with Crippen LogP contribution in [-0.2, 0) is 6.61 Å². The van der Waals surface area contributed by atoms with Gasteiger partial charge in [-0.25, -0.2) is 0 Å². The summed E-state index contributed by atoms with van der Waals surface area (Å²) in [7, 11) is 0. The Bertz CT molecular complexity index is 627. The molecule has 0 bridgehead atoms. The highest BCUT2D eigenvalue weighted by atomic mass is 79.9. The second kappa shape index (κ2) is 6.23. The van der Waals surface area contributed by atoms with Crippen molar-refractivity contribution < 1.29 is 9.53 Å². The van der Waals surface area contributed by atoms with Crippen molar-refractivity contribution in [3.05, 3.63) is 63.1 Å². The molecule has 0 spiro atoms. The Morgan fingerprint density at radius 3 is 2.40 bits per heavy atom. The maximum Gasteiger partial charge on any atom is 0.163 e. The van der Waals surface area contributed by atoms with Crippen molar-refractivity contribution in [2.75, 3.05) is 0 Å². The van der Waals surface area contributed by atoms with Crippen LogP contribution in [0.2, 0.25) is 0 Å². The molecule has 0 radical (unpaired) electrons. The number of halogens is 1. The van der Waals surface area contributed by atoms with Crippen LogP contribution in [0.5, 0.6) is 5.75 Å². The summed E-state index contributed by atoms with van der Waals surface area (Å²) in [6.45, 7) is 6.16. The zero-order chi connectivity index (χ0) is 14.7. The minimum atomic E-state index is 0.00260. The molecule has 0 unspecified atom stereocenters. The molecule has 0 aliphatic carbocycles. The number of ether oxygens (including phenoxy) is 1. The topological polar surface area (TPSA) is 26.3 Å². The van der Waals surface area contributed by atoms with Gasteiger partial charge >= 0.3 is 0 Å². The third kappa shape index (κ3) is 3.28. The lowest BCUT2D eigenvalue weighted by molar-refractivity contribution is 0.101. The molecule has 3 heteroatoms. The monoisotopic (exact) mass is 332 g/mol. The zero-order valence-electron chi connectivity index (χ0n) is 11.9. The number of rotatable bonds is 4. The number of hydrogen-bond donors (Lipinski definition) is 0. The van der Waals surface area contributed by atoms with Gasteiger partial charge in [-0.05, 0) is 55.7 Å². The first-order valence-electron chi connectivity index (χ1n) is 6.47. The number of carbonyl (C=O) groups is 1. The molecule has 0 aromatic heterocycles. The summed E-state index contributed by atoms with van der Waals surface area (Å²) in [5.41, 5.74) is 4.17. The van der Waals surface area contributed by atoms with Gasteiger partial charge in [0.2, 0.25) is 0 Å². The largest absolute Gasteiger partial charge is 0.488 e. The van der Waals surface area contributed by atoms with E-state index in [1.165, 1.54) is 16.7 Å². The fourth-order valence-corrected chi connectivity index (χ4v) is 2.49. The van der Waals surface area contributed by atoms with Crippen LogP contribution in [0.4, 0.5) is 0 Å². The van der Waals surface area contributed by atoms with E-state index in [2.05, 4.69) is 41.9 Å². The SMILES string of the molecule is CC(=O)c1cc(Br)ccc1OCc1c(C)cccc1C. The number of Topliss-reactive ketones (excluding diaryl/α,β-unsaturated/α-hetero) is 1. The van der Waals surface area contributed by atoms with Crippen molar-refractivity contribution >= 4 is 21.7 Å². The molecule has 0 aliphatic heterocycles. The lowest BCUT2D eigenvalue weighted by Crippen LogP contribution is -2.04. The summed E-state index contributed by atoms with van der Waals surface area (Å²) in [4.78, 5) is 11.7. The number of benzene rings is 2. The first-order chi connectivity index (χ1) is 9.49. The van der Waals surface area contributed by atoms with Crippen LogP contribution >= 0.6 is 15.9 Å². The summed E-state index contributed by atoms with van der Waals surface area (Å²) in [6, 6.07) is 11.7. The molecule has 0 fully saturated rings. The van der Waals surface area contributed by atoms with Crippen LogP contribution in [0.15, 0.2) is 40.9 Å². The summed E-state index contributed by atoms with van der Waals surface area (Å²) in [5, 5.41) is 0. The van der Waals surface area contributed by atoms with E-state index >= 15 is 0 Å². The smallest absolute Gasteiger partial charge is 0.163 e. The van der Waals surface area contributed by atoms with Crippen molar-refractivity contribution in [1.29, 1.82) is 0 Å². The number of carbonyl (C=O) groups excluding carboxylic acids is 1. The number of hydrogen-bond acceptors (Lipinski definition) is 2. The van der Waals surface area contributed by atoms with Crippen LogP contribution in [0.3, 0.4) is 0 Å². The second-order valence-electron chi connectivity index (χ2n) is 4.86. The van der Waals surface area contributed by atoms with Gasteiger partial charge < -0.3 is 4.74 Å². The van der Waals surface area contributed by atoms with Gasteiger partial charge in [-0.2, -0.15) is 0 Å². The molecule has 0 amide bonds. The maximum atomic E-state index is 11.7. The van der Waals surface area contributed by atoms with E-state index in [1.54, 1.807) is 13.0 Å². The Balaban J connectivity index is 2.25. The molecule has 0 heterocycles. The standard InChI is InChI=1S/C17H17BrO2/c1-11-5-4-6-12(2)16(11)10-20-17-8-7-14(18)9-15(17)13(3)19/h4-9H,10H2,1-3H3. The predicted molar refractivity (Wildman–Crippen MR) is 84.4 cm³/mol. The van der Waals surface area contributed by atoms with Crippen molar-refractivity contribution in [1.82, 2.24) is 0 Å². The van der Waals surface area contributed by atoms with Gasteiger partial charge in [0.05, 0.1) is 5.56 Å². The average Bonchev–Trinajstić information content (AvgIpc) is 2.39. The first-order valence-corrected chi connectivity index (χ1v) is 7.26. The number of aryl methyl sites for hydroxylation is 2. The maximum absolute atomic E-state index is 11.7. The molecule has 2 rings (SSSR count). The minimum Gasteiger partial charge on any atom is -0.488 e. The molecule has 0 atom stereocenters. The molecule has 2 aromatic rings. The van der Waals surface area contributed by atoms with Crippen molar-refractivity contribution in [3.63, 3.8) is 0 Å². The van der Waals surface area contributed by atoms with Gasteiger partial charge in [0.1, 0.15) is 12.4 Å². The molecule has 0 saturated carbocycles. The van der Waals surface area contributed by atoms with Crippen molar-refractivity contribution in [2.45, 2.75) is 27.4 Å². The lowest BCUT2D eigenvalue weighted by Gasteiger charge is -2.13. The molecule has 0 N–H and O–H groups in total.